The minimum Gasteiger partial charge on any atom is -0.480 e. The molecule has 0 bridgehead atoms. The molecular weight excluding hydrogens is 502 g/mol. The van der Waals surface area contributed by atoms with Gasteiger partial charge in [-0.3, -0.25) is 4.98 Å². The number of amides is 2. The number of benzene rings is 1. The first-order chi connectivity index (χ1) is 18.2. The van der Waals surface area contributed by atoms with E-state index in [2.05, 4.69) is 41.1 Å². The molecule has 3 aromatic heterocycles. The number of nitrogens with zero attached hydrogens (tertiary/aromatic N) is 7. The summed E-state index contributed by atoms with van der Waals surface area (Å²) in [5.41, 5.74) is 0.883. The monoisotopic (exact) mass is 523 g/mol. The van der Waals surface area contributed by atoms with Crippen molar-refractivity contribution in [2.24, 2.45) is 0 Å². The standard InChI is InChI=1S/C22H21N9O7/c1-11(32)17(21(35)36)26-22(37)25-14(19-27-18(29-38-19)15-9-23-6-7-24-15)8-12-10-31(30-28-12)16-5-3-2-4-13(16)20(33)34/h2-7,9-11,14,17,32H,8H2,1H3,(H,33,34)(H,35,36)(H2,25,26,37)/t11?,14-,17-/m0/s1. The fourth-order valence-corrected chi connectivity index (χ4v) is 3.40. The lowest BCUT2D eigenvalue weighted by molar-refractivity contribution is -0.141. The number of urea groups is 1. The van der Waals surface area contributed by atoms with E-state index >= 15 is 0 Å². The number of aliphatic hydroxyl groups excluding tert-OH is 1. The van der Waals surface area contributed by atoms with Crippen LogP contribution >= 0.6 is 0 Å². The molecule has 3 heterocycles. The average molecular weight is 523 g/mol. The maximum atomic E-state index is 12.6. The summed E-state index contributed by atoms with van der Waals surface area (Å²) in [5.74, 6) is -2.56. The van der Waals surface area contributed by atoms with E-state index in [1.165, 1.54) is 42.5 Å². The van der Waals surface area contributed by atoms with Crippen LogP contribution in [0.25, 0.3) is 17.2 Å². The first kappa shape index (κ1) is 25.8. The number of carbonyl (C=O) groups is 3. The van der Waals surface area contributed by atoms with Crippen LogP contribution in [-0.2, 0) is 11.2 Å². The van der Waals surface area contributed by atoms with Crippen LogP contribution in [0.15, 0.2) is 53.6 Å². The molecule has 196 valence electrons. The van der Waals surface area contributed by atoms with Gasteiger partial charge in [-0.25, -0.2) is 24.0 Å². The lowest BCUT2D eigenvalue weighted by Crippen LogP contribution is -2.51. The van der Waals surface area contributed by atoms with Gasteiger partial charge >= 0.3 is 18.0 Å². The summed E-state index contributed by atoms with van der Waals surface area (Å²) in [4.78, 5) is 47.9. The Morgan fingerprint density at radius 2 is 1.92 bits per heavy atom. The van der Waals surface area contributed by atoms with Gasteiger partial charge in [-0.15, -0.1) is 5.10 Å². The molecule has 0 aliphatic carbocycles. The Morgan fingerprint density at radius 3 is 2.61 bits per heavy atom. The lowest BCUT2D eigenvalue weighted by Gasteiger charge is -2.20. The summed E-state index contributed by atoms with van der Waals surface area (Å²) in [7, 11) is 0. The van der Waals surface area contributed by atoms with Gasteiger partial charge in [-0.1, -0.05) is 22.5 Å². The van der Waals surface area contributed by atoms with Crippen LogP contribution in [0.4, 0.5) is 4.79 Å². The maximum Gasteiger partial charge on any atom is 0.337 e. The second-order valence-corrected chi connectivity index (χ2v) is 7.95. The fraction of sp³-hybridized carbons (Fsp3) is 0.227. The number of rotatable bonds is 10. The van der Waals surface area contributed by atoms with Crippen molar-refractivity contribution in [2.75, 3.05) is 0 Å². The summed E-state index contributed by atoms with van der Waals surface area (Å²) in [6, 6.07) is 2.64. The van der Waals surface area contributed by atoms with Crippen LogP contribution in [0.3, 0.4) is 0 Å². The molecule has 38 heavy (non-hydrogen) atoms. The second kappa shape index (κ2) is 11.2. The van der Waals surface area contributed by atoms with Crippen molar-refractivity contribution in [3.05, 3.63) is 66.2 Å². The van der Waals surface area contributed by atoms with Gasteiger partial charge in [-0.2, -0.15) is 4.98 Å². The minimum atomic E-state index is -1.58. The summed E-state index contributed by atoms with van der Waals surface area (Å²) in [6.07, 6.45) is 4.34. The molecular formula is C22H21N9O7. The van der Waals surface area contributed by atoms with Crippen LogP contribution in [-0.4, -0.2) is 80.5 Å². The zero-order valence-corrected chi connectivity index (χ0v) is 19.7. The molecule has 16 nitrogen and oxygen atoms in total. The van der Waals surface area contributed by atoms with Crippen molar-refractivity contribution in [2.45, 2.75) is 31.5 Å². The first-order valence-electron chi connectivity index (χ1n) is 11.0. The van der Waals surface area contributed by atoms with Crippen molar-refractivity contribution < 1.29 is 34.2 Å². The van der Waals surface area contributed by atoms with Gasteiger partial charge in [0.25, 0.3) is 0 Å². The highest BCUT2D eigenvalue weighted by atomic mass is 16.5. The highest BCUT2D eigenvalue weighted by Gasteiger charge is 2.29. The molecule has 5 N–H and O–H groups in total. The number of aliphatic carboxylic acids is 1. The van der Waals surface area contributed by atoms with E-state index in [1.54, 1.807) is 18.2 Å². The van der Waals surface area contributed by atoms with E-state index in [0.717, 1.165) is 0 Å². The predicted octanol–water partition coefficient (Wildman–Crippen LogP) is 0.222. The van der Waals surface area contributed by atoms with Gasteiger partial charge in [0, 0.05) is 18.8 Å². The third-order valence-electron chi connectivity index (χ3n) is 5.21. The number of carbonyl (C=O) groups excluding carboxylic acids is 1. The number of aliphatic hydroxyl groups is 1. The molecule has 0 saturated carbocycles. The topological polar surface area (TPSA) is 231 Å². The first-order valence-corrected chi connectivity index (χ1v) is 11.0. The quantitative estimate of drug-likeness (QED) is 0.187. The lowest BCUT2D eigenvalue weighted by atomic mass is 10.1. The SMILES string of the molecule is CC(O)[C@H](NC(=O)N[C@@H](Cc1cn(-c2ccccc2C(=O)O)nn1)c1nc(-c2cnccn2)no1)C(=O)O. The van der Waals surface area contributed by atoms with Gasteiger partial charge < -0.3 is 30.5 Å². The largest absolute Gasteiger partial charge is 0.480 e. The third-order valence-corrected chi connectivity index (χ3v) is 5.21. The molecule has 1 aromatic carbocycles. The van der Waals surface area contributed by atoms with E-state index in [1.807, 2.05) is 0 Å². The Bertz CT molecular complexity index is 1440. The van der Waals surface area contributed by atoms with Crippen molar-refractivity contribution >= 4 is 18.0 Å². The number of carboxylic acid groups (broad SMARTS) is 2. The smallest absolute Gasteiger partial charge is 0.337 e. The Kier molecular flexibility index (Phi) is 7.62. The molecule has 0 radical (unpaired) electrons. The molecule has 0 fully saturated rings. The minimum absolute atomic E-state index is 0.00125. The molecule has 4 aromatic rings. The van der Waals surface area contributed by atoms with E-state index in [-0.39, 0.29) is 29.4 Å². The zero-order valence-electron chi connectivity index (χ0n) is 19.7. The number of carboxylic acids is 2. The van der Waals surface area contributed by atoms with E-state index < -0.39 is 36.2 Å². The van der Waals surface area contributed by atoms with E-state index in [4.69, 9.17) is 4.52 Å². The van der Waals surface area contributed by atoms with Crippen LogP contribution < -0.4 is 10.6 Å². The van der Waals surface area contributed by atoms with Gasteiger partial charge in [0.1, 0.15) is 11.7 Å². The Balaban J connectivity index is 1.61. The molecule has 3 atom stereocenters. The molecule has 0 saturated heterocycles. The molecule has 0 aliphatic rings. The highest BCUT2D eigenvalue weighted by Crippen LogP contribution is 2.21. The van der Waals surface area contributed by atoms with Crippen LogP contribution in [0.1, 0.15) is 34.9 Å². The molecule has 1 unspecified atom stereocenters. The van der Waals surface area contributed by atoms with E-state index in [0.29, 0.717) is 11.4 Å². The van der Waals surface area contributed by atoms with Crippen molar-refractivity contribution in [3.63, 3.8) is 0 Å². The zero-order chi connectivity index (χ0) is 27.2. The normalized spacial score (nSPS) is 13.3. The van der Waals surface area contributed by atoms with E-state index in [9.17, 15) is 29.7 Å². The summed E-state index contributed by atoms with van der Waals surface area (Å²) in [6.45, 7) is 1.22. The van der Waals surface area contributed by atoms with Crippen LogP contribution in [0.5, 0.6) is 0 Å². The van der Waals surface area contributed by atoms with Crippen LogP contribution in [0.2, 0.25) is 0 Å². The number of hydrogen-bond donors (Lipinski definition) is 5. The van der Waals surface area contributed by atoms with Crippen molar-refractivity contribution in [1.29, 1.82) is 0 Å². The molecule has 0 spiro atoms. The summed E-state index contributed by atoms with van der Waals surface area (Å²) >= 11 is 0. The van der Waals surface area contributed by atoms with Gasteiger partial charge in [0.2, 0.25) is 11.7 Å². The maximum absolute atomic E-state index is 12.6. The highest BCUT2D eigenvalue weighted by molar-refractivity contribution is 5.91. The second-order valence-electron chi connectivity index (χ2n) is 7.95. The Hall–Kier alpha value is -5.25. The predicted molar refractivity (Wildman–Crippen MR) is 125 cm³/mol. The Labute approximate surface area is 213 Å². The summed E-state index contributed by atoms with van der Waals surface area (Å²) in [5, 5.41) is 45.0. The van der Waals surface area contributed by atoms with Crippen molar-refractivity contribution in [1.82, 2.24) is 45.7 Å². The Morgan fingerprint density at radius 1 is 1.13 bits per heavy atom. The average Bonchev–Trinajstić information content (AvgIpc) is 3.57. The van der Waals surface area contributed by atoms with Gasteiger partial charge in [0.05, 0.1) is 35.4 Å². The molecule has 16 heteroatoms. The van der Waals surface area contributed by atoms with Crippen LogP contribution in [0, 0.1) is 0 Å². The number of nitrogens with one attached hydrogen (secondary N) is 2. The summed E-state index contributed by atoms with van der Waals surface area (Å²) < 4.78 is 6.59. The number of hydrogen-bond acceptors (Lipinski definition) is 11. The third kappa shape index (κ3) is 5.93. The number of para-hydroxylation sites is 1. The number of aromatic nitrogens is 7. The molecule has 2 amide bonds. The molecule has 0 aliphatic heterocycles. The fourth-order valence-electron chi connectivity index (χ4n) is 3.40. The van der Waals surface area contributed by atoms with Gasteiger partial charge in [-0.05, 0) is 19.1 Å². The molecule has 4 rings (SSSR count). The van der Waals surface area contributed by atoms with Gasteiger partial charge in [0.15, 0.2) is 6.04 Å². The number of aromatic carboxylic acids is 1. The van der Waals surface area contributed by atoms with Crippen molar-refractivity contribution in [3.8, 4) is 17.2 Å².